The van der Waals surface area contributed by atoms with Gasteiger partial charge >= 0.3 is 0 Å². The Kier molecular flexibility index (Phi) is 4.70. The Hall–Kier alpha value is -3.41. The molecule has 0 unspecified atom stereocenters. The van der Waals surface area contributed by atoms with E-state index in [0.29, 0.717) is 18.1 Å². The van der Waals surface area contributed by atoms with Crippen LogP contribution in [0, 0.1) is 0 Å². The number of anilines is 2. The second-order valence-electron chi connectivity index (χ2n) is 6.30. The highest BCUT2D eigenvalue weighted by molar-refractivity contribution is 5.93. The van der Waals surface area contributed by atoms with Crippen LogP contribution in [0.2, 0.25) is 0 Å². The van der Waals surface area contributed by atoms with Crippen molar-refractivity contribution in [2.75, 3.05) is 18.6 Å². The van der Waals surface area contributed by atoms with Crippen LogP contribution in [0.5, 0.6) is 5.75 Å². The van der Waals surface area contributed by atoms with Crippen LogP contribution in [-0.4, -0.2) is 29.5 Å². The minimum Gasteiger partial charge on any atom is -0.496 e. The Morgan fingerprint density at radius 2 is 1.85 bits per heavy atom. The summed E-state index contributed by atoms with van der Waals surface area (Å²) in [4.78, 5) is 23.3. The number of carbonyl (C=O) groups is 1. The SMILES string of the molecule is COc1ccccc1CNC(=O)c1cnc(N2CCc3ccccc32)nc1. The van der Waals surface area contributed by atoms with Crippen molar-refractivity contribution in [2.24, 2.45) is 0 Å². The Balaban J connectivity index is 1.44. The molecule has 0 fully saturated rings. The van der Waals surface area contributed by atoms with Crippen LogP contribution in [-0.2, 0) is 13.0 Å². The molecule has 4 rings (SSSR count). The van der Waals surface area contributed by atoms with Gasteiger partial charge in [-0.1, -0.05) is 36.4 Å². The highest BCUT2D eigenvalue weighted by Gasteiger charge is 2.22. The second kappa shape index (κ2) is 7.45. The fraction of sp³-hybridized carbons (Fsp3) is 0.190. The van der Waals surface area contributed by atoms with Crippen molar-refractivity contribution in [3.05, 3.63) is 77.6 Å². The molecule has 1 aliphatic rings. The van der Waals surface area contributed by atoms with E-state index in [0.717, 1.165) is 30.0 Å². The number of rotatable bonds is 5. The van der Waals surface area contributed by atoms with Crippen molar-refractivity contribution in [1.82, 2.24) is 15.3 Å². The first-order valence-corrected chi connectivity index (χ1v) is 8.84. The van der Waals surface area contributed by atoms with Crippen molar-refractivity contribution in [1.29, 1.82) is 0 Å². The van der Waals surface area contributed by atoms with Gasteiger partial charge in [-0.3, -0.25) is 4.79 Å². The fourth-order valence-corrected chi connectivity index (χ4v) is 3.25. The first-order valence-electron chi connectivity index (χ1n) is 8.84. The van der Waals surface area contributed by atoms with E-state index in [-0.39, 0.29) is 5.91 Å². The number of carbonyl (C=O) groups excluding carboxylic acids is 1. The number of hydrogen-bond donors (Lipinski definition) is 1. The fourth-order valence-electron chi connectivity index (χ4n) is 3.25. The molecule has 1 N–H and O–H groups in total. The average molecular weight is 360 g/mol. The molecule has 3 aromatic rings. The molecule has 6 heteroatoms. The van der Waals surface area contributed by atoms with Crippen molar-refractivity contribution in [3.8, 4) is 5.75 Å². The first kappa shape index (κ1) is 17.0. The molecule has 1 aromatic heterocycles. The van der Waals surface area contributed by atoms with Crippen LogP contribution < -0.4 is 15.0 Å². The molecule has 6 nitrogen and oxygen atoms in total. The van der Waals surface area contributed by atoms with Crippen molar-refractivity contribution in [3.63, 3.8) is 0 Å². The van der Waals surface area contributed by atoms with E-state index in [1.807, 2.05) is 36.4 Å². The number of ether oxygens (including phenoxy) is 1. The van der Waals surface area contributed by atoms with Gasteiger partial charge in [0.25, 0.3) is 5.91 Å². The number of para-hydroxylation sites is 2. The summed E-state index contributed by atoms with van der Waals surface area (Å²) in [5, 5.41) is 2.88. The van der Waals surface area contributed by atoms with Gasteiger partial charge in [0.1, 0.15) is 5.75 Å². The van der Waals surface area contributed by atoms with Crippen LogP contribution in [0.3, 0.4) is 0 Å². The van der Waals surface area contributed by atoms with Crippen molar-refractivity contribution < 1.29 is 9.53 Å². The highest BCUT2D eigenvalue weighted by atomic mass is 16.5. The summed E-state index contributed by atoms with van der Waals surface area (Å²) in [6.45, 7) is 1.22. The largest absolute Gasteiger partial charge is 0.496 e. The van der Waals surface area contributed by atoms with Gasteiger partial charge in [-0.2, -0.15) is 0 Å². The number of aromatic nitrogens is 2. The van der Waals surface area contributed by atoms with Gasteiger partial charge in [0.15, 0.2) is 0 Å². The molecule has 0 aliphatic carbocycles. The molecule has 136 valence electrons. The van der Waals surface area contributed by atoms with E-state index in [1.54, 1.807) is 19.5 Å². The topological polar surface area (TPSA) is 67.3 Å². The third-order valence-corrected chi connectivity index (χ3v) is 4.66. The molecule has 2 aromatic carbocycles. The average Bonchev–Trinajstić information content (AvgIpc) is 3.16. The number of nitrogens with zero attached hydrogens (tertiary/aromatic N) is 3. The molecule has 0 atom stereocenters. The van der Waals surface area contributed by atoms with Gasteiger partial charge in [-0.15, -0.1) is 0 Å². The minimum absolute atomic E-state index is 0.214. The predicted octanol–water partition coefficient (Wildman–Crippen LogP) is 3.11. The molecular formula is C21H20N4O2. The highest BCUT2D eigenvalue weighted by Crippen LogP contribution is 2.31. The summed E-state index contributed by atoms with van der Waals surface area (Å²) in [5.41, 5.74) is 3.77. The third kappa shape index (κ3) is 3.46. The lowest BCUT2D eigenvalue weighted by Gasteiger charge is -2.17. The number of amides is 1. The zero-order chi connectivity index (χ0) is 18.6. The number of methoxy groups -OCH3 is 1. The molecule has 27 heavy (non-hydrogen) atoms. The summed E-state index contributed by atoms with van der Waals surface area (Å²) in [5.74, 6) is 1.15. The van der Waals surface area contributed by atoms with Crippen molar-refractivity contribution >= 4 is 17.5 Å². The quantitative estimate of drug-likeness (QED) is 0.757. The van der Waals surface area contributed by atoms with E-state index in [1.165, 1.54) is 5.56 Å². The minimum atomic E-state index is -0.214. The lowest BCUT2D eigenvalue weighted by atomic mass is 10.2. The molecule has 0 spiro atoms. The maximum Gasteiger partial charge on any atom is 0.254 e. The molecule has 0 radical (unpaired) electrons. The summed E-state index contributed by atoms with van der Waals surface area (Å²) in [7, 11) is 1.61. The molecule has 0 bridgehead atoms. The molecule has 1 aliphatic heterocycles. The standard InChI is InChI=1S/C21H20N4O2/c1-27-19-9-5-3-7-16(19)12-22-20(26)17-13-23-21(24-14-17)25-11-10-15-6-2-4-8-18(15)25/h2-9,13-14H,10-12H2,1H3,(H,22,26). The molecule has 1 amide bonds. The first-order chi connectivity index (χ1) is 13.3. The molecule has 2 heterocycles. The molecule has 0 saturated carbocycles. The number of benzene rings is 2. The Morgan fingerprint density at radius 3 is 2.67 bits per heavy atom. The maximum absolute atomic E-state index is 12.4. The number of fused-ring (bicyclic) bond motifs is 1. The summed E-state index contributed by atoms with van der Waals surface area (Å²) >= 11 is 0. The summed E-state index contributed by atoms with van der Waals surface area (Å²) in [6.07, 6.45) is 4.11. The lowest BCUT2D eigenvalue weighted by Crippen LogP contribution is -2.24. The van der Waals surface area contributed by atoms with E-state index >= 15 is 0 Å². The van der Waals surface area contributed by atoms with Gasteiger partial charge in [-0.05, 0) is 24.1 Å². The zero-order valence-electron chi connectivity index (χ0n) is 15.1. The maximum atomic E-state index is 12.4. The zero-order valence-corrected chi connectivity index (χ0v) is 15.1. The van der Waals surface area contributed by atoms with Crippen LogP contribution in [0.1, 0.15) is 21.5 Å². The predicted molar refractivity (Wildman–Crippen MR) is 103 cm³/mol. The lowest BCUT2D eigenvalue weighted by molar-refractivity contribution is 0.0950. The molecule has 0 saturated heterocycles. The summed E-state index contributed by atoms with van der Waals surface area (Å²) in [6, 6.07) is 15.8. The Labute approximate surface area is 157 Å². The number of nitrogens with one attached hydrogen (secondary N) is 1. The monoisotopic (exact) mass is 360 g/mol. The van der Waals surface area contributed by atoms with E-state index in [4.69, 9.17) is 4.74 Å². The van der Waals surface area contributed by atoms with Gasteiger partial charge in [0.2, 0.25) is 5.95 Å². The van der Waals surface area contributed by atoms with E-state index in [2.05, 4.69) is 32.3 Å². The smallest absolute Gasteiger partial charge is 0.254 e. The van der Waals surface area contributed by atoms with Gasteiger partial charge in [0.05, 0.1) is 12.7 Å². The van der Waals surface area contributed by atoms with Gasteiger partial charge in [-0.25, -0.2) is 9.97 Å². The van der Waals surface area contributed by atoms with Crippen LogP contribution in [0.25, 0.3) is 0 Å². The third-order valence-electron chi connectivity index (χ3n) is 4.66. The van der Waals surface area contributed by atoms with E-state index < -0.39 is 0 Å². The van der Waals surface area contributed by atoms with Crippen molar-refractivity contribution in [2.45, 2.75) is 13.0 Å². The summed E-state index contributed by atoms with van der Waals surface area (Å²) < 4.78 is 5.30. The van der Waals surface area contributed by atoms with Crippen LogP contribution in [0.4, 0.5) is 11.6 Å². The van der Waals surface area contributed by atoms with Gasteiger partial charge < -0.3 is 15.0 Å². The Morgan fingerprint density at radius 1 is 1.11 bits per heavy atom. The molecular weight excluding hydrogens is 340 g/mol. The van der Waals surface area contributed by atoms with Crippen LogP contribution in [0.15, 0.2) is 60.9 Å². The van der Waals surface area contributed by atoms with Gasteiger partial charge in [0, 0.05) is 36.7 Å². The van der Waals surface area contributed by atoms with E-state index in [9.17, 15) is 4.79 Å². The second-order valence-corrected chi connectivity index (χ2v) is 6.30. The van der Waals surface area contributed by atoms with Crippen LogP contribution >= 0.6 is 0 Å². The number of hydrogen-bond acceptors (Lipinski definition) is 5. The normalized spacial score (nSPS) is 12.6. The Bertz CT molecular complexity index is 956.